The molecule has 1 aromatic carbocycles. The Hall–Kier alpha value is 0.310. The first-order valence-electron chi connectivity index (χ1n) is 8.96. The normalized spacial score (nSPS) is 20.2. The molecular weight excluding hydrogens is 687 g/mol. The van der Waals surface area contributed by atoms with Crippen LogP contribution in [0, 0.1) is 16.6 Å². The number of carbonyl (C=O) groups excluding carboxylic acids is 2. The van der Waals surface area contributed by atoms with Crippen molar-refractivity contribution in [2.24, 2.45) is 5.92 Å². The Kier molecular flexibility index (Phi) is 9.06. The maximum Gasteiger partial charge on any atom is 0.514 e. The Morgan fingerprint density at radius 1 is 1.15 bits per heavy atom. The van der Waals surface area contributed by atoms with Crippen LogP contribution in [0.2, 0.25) is 0 Å². The van der Waals surface area contributed by atoms with Gasteiger partial charge in [0.1, 0.15) is 5.60 Å². The molecule has 2 rings (SSSR count). The minimum absolute atomic E-state index is 0.157. The third kappa shape index (κ3) is 7.57. The molecule has 0 atom stereocenters. The lowest BCUT2D eigenvalue weighted by Gasteiger charge is -2.29. The highest BCUT2D eigenvalue weighted by Gasteiger charge is 2.31. The van der Waals surface area contributed by atoms with Gasteiger partial charge in [-0.05, 0) is 113 Å². The zero-order valence-corrected chi connectivity index (χ0v) is 22.2. The van der Waals surface area contributed by atoms with Crippen molar-refractivity contribution >= 4 is 79.8 Å². The van der Waals surface area contributed by atoms with Crippen LogP contribution in [0.25, 0.3) is 0 Å². The van der Waals surface area contributed by atoms with E-state index < -0.39 is 5.60 Å². The molecule has 1 aromatic rings. The van der Waals surface area contributed by atoms with Gasteiger partial charge in [0.15, 0.2) is 0 Å². The Balaban J connectivity index is 1.76. The fraction of sp³-hybridized carbons (Fsp3) is 0.579. The molecule has 0 unspecified atom stereocenters. The summed E-state index contributed by atoms with van der Waals surface area (Å²) in [7, 11) is 0. The van der Waals surface area contributed by atoms with E-state index in [0.29, 0.717) is 18.1 Å². The Labute approximate surface area is 201 Å². The van der Waals surface area contributed by atoms with Gasteiger partial charge in [-0.25, -0.2) is 9.69 Å². The molecule has 1 amide bonds. The number of hydrogen-bond acceptors (Lipinski definition) is 4. The van der Waals surface area contributed by atoms with Crippen LogP contribution >= 0.6 is 67.8 Å². The highest BCUT2D eigenvalue weighted by molar-refractivity contribution is 14.1. The van der Waals surface area contributed by atoms with Crippen molar-refractivity contribution in [1.29, 1.82) is 0 Å². The molecule has 0 bridgehead atoms. The lowest BCUT2D eigenvalue weighted by molar-refractivity contribution is -0.832. The minimum Gasteiger partial charge on any atom is -0.462 e. The maximum atomic E-state index is 12.4. The molecule has 0 saturated carbocycles. The number of amides is 1. The molecule has 8 heteroatoms. The Morgan fingerprint density at radius 2 is 1.78 bits per heavy atom. The summed E-state index contributed by atoms with van der Waals surface area (Å²) in [4.78, 5) is 25.4. The topological polar surface area (TPSA) is 57.0 Å². The van der Waals surface area contributed by atoms with Gasteiger partial charge < -0.3 is 9.47 Å². The summed E-state index contributed by atoms with van der Waals surface area (Å²) < 4.78 is 14.0. The van der Waals surface area contributed by atoms with Gasteiger partial charge in [0.05, 0.1) is 25.3 Å². The second-order valence-electron chi connectivity index (χ2n) is 7.72. The van der Waals surface area contributed by atoms with Crippen molar-refractivity contribution in [2.45, 2.75) is 45.6 Å². The summed E-state index contributed by atoms with van der Waals surface area (Å²) in [5.74, 6) is 0.228. The number of quaternary nitrogens is 1. The number of benzene rings is 1. The zero-order chi connectivity index (χ0) is 20.2. The van der Waals surface area contributed by atoms with Crippen LogP contribution in [0.5, 0.6) is 0 Å². The van der Waals surface area contributed by atoms with E-state index in [1.807, 2.05) is 32.9 Å². The SMILES string of the molecule is CC(C)(C)OC(=O)[NH+]1CCC(CCOC(=O)c2cc(I)cc(I)c2I)CC1. The van der Waals surface area contributed by atoms with E-state index >= 15 is 0 Å². The smallest absolute Gasteiger partial charge is 0.462 e. The number of carbonyl (C=O) groups is 2. The van der Waals surface area contributed by atoms with Crippen LogP contribution in [0.4, 0.5) is 4.79 Å². The monoisotopic (exact) mass is 712 g/mol. The van der Waals surface area contributed by atoms with Gasteiger partial charge in [0, 0.05) is 23.6 Å². The van der Waals surface area contributed by atoms with Crippen molar-refractivity contribution < 1.29 is 24.0 Å². The van der Waals surface area contributed by atoms with Gasteiger partial charge in [0.25, 0.3) is 0 Å². The van der Waals surface area contributed by atoms with Gasteiger partial charge >= 0.3 is 12.1 Å². The van der Waals surface area contributed by atoms with Crippen molar-refractivity contribution in [3.8, 4) is 0 Å². The zero-order valence-electron chi connectivity index (χ0n) is 15.7. The van der Waals surface area contributed by atoms with E-state index in [1.54, 1.807) is 0 Å². The summed E-state index contributed by atoms with van der Waals surface area (Å²) >= 11 is 6.64. The molecule has 1 heterocycles. The molecule has 1 fully saturated rings. The molecule has 1 aliphatic rings. The van der Waals surface area contributed by atoms with Gasteiger partial charge in [-0.15, -0.1) is 0 Å². The predicted octanol–water partition coefficient (Wildman–Crippen LogP) is 4.28. The first kappa shape index (κ1) is 23.6. The molecular formula is C19H25I3NO4+. The second kappa shape index (κ2) is 10.4. The Morgan fingerprint density at radius 3 is 2.37 bits per heavy atom. The number of halogens is 3. The fourth-order valence-corrected chi connectivity index (χ4v) is 5.35. The van der Waals surface area contributed by atoms with Gasteiger partial charge in [-0.2, -0.15) is 4.79 Å². The summed E-state index contributed by atoms with van der Waals surface area (Å²) in [6.45, 7) is 7.65. The largest absolute Gasteiger partial charge is 0.514 e. The van der Waals surface area contributed by atoms with E-state index in [1.165, 1.54) is 0 Å². The Bertz CT molecular complexity index is 695. The number of rotatable bonds is 4. The number of alkyl carbamates (subject to hydrolysis) is 2. The molecule has 1 N–H and O–H groups in total. The standard InChI is InChI=1S/C19H24I3NO4/c1-19(2,3)27-18(25)23-7-4-12(5-8-23)6-9-26-17(24)14-10-13(20)11-15(21)16(14)22/h10-12H,4-9H2,1-3H3/p+1. The average molecular weight is 712 g/mol. The third-order valence-electron chi connectivity index (χ3n) is 4.37. The lowest BCUT2D eigenvalue weighted by atomic mass is 9.94. The summed E-state index contributed by atoms with van der Waals surface area (Å²) in [6.07, 6.45) is 2.58. The summed E-state index contributed by atoms with van der Waals surface area (Å²) in [6, 6.07) is 3.91. The highest BCUT2D eigenvalue weighted by atomic mass is 127. The van der Waals surface area contributed by atoms with Crippen LogP contribution < -0.4 is 4.90 Å². The highest BCUT2D eigenvalue weighted by Crippen LogP contribution is 2.24. The van der Waals surface area contributed by atoms with Crippen molar-refractivity contribution in [3.63, 3.8) is 0 Å². The number of ether oxygens (including phenoxy) is 2. The lowest BCUT2D eigenvalue weighted by Crippen LogP contribution is -3.15. The van der Waals surface area contributed by atoms with Gasteiger partial charge in [-0.1, -0.05) is 0 Å². The summed E-state index contributed by atoms with van der Waals surface area (Å²) in [5.41, 5.74) is 0.191. The van der Waals surface area contributed by atoms with Crippen molar-refractivity contribution in [1.82, 2.24) is 0 Å². The first-order chi connectivity index (χ1) is 12.6. The number of esters is 1. The number of hydrogen-bond donors (Lipinski definition) is 1. The van der Waals surface area contributed by atoms with E-state index in [2.05, 4.69) is 67.8 Å². The predicted molar refractivity (Wildman–Crippen MR) is 129 cm³/mol. The van der Waals surface area contributed by atoms with E-state index in [9.17, 15) is 9.59 Å². The second-order valence-corrected chi connectivity index (χ2v) is 11.2. The number of piperidine rings is 1. The van der Waals surface area contributed by atoms with Crippen LogP contribution in [0.3, 0.4) is 0 Å². The van der Waals surface area contributed by atoms with Crippen LogP contribution in [0.15, 0.2) is 12.1 Å². The van der Waals surface area contributed by atoms with Crippen LogP contribution in [0.1, 0.15) is 50.4 Å². The van der Waals surface area contributed by atoms with Crippen LogP contribution in [-0.4, -0.2) is 37.4 Å². The molecule has 0 aromatic heterocycles. The molecule has 5 nitrogen and oxygen atoms in total. The van der Waals surface area contributed by atoms with Crippen molar-refractivity contribution in [2.75, 3.05) is 19.7 Å². The number of likely N-dealkylation sites (tertiary alicyclic amines) is 1. The van der Waals surface area contributed by atoms with Crippen LogP contribution in [-0.2, 0) is 9.47 Å². The third-order valence-corrected chi connectivity index (χ3v) is 8.04. The molecule has 150 valence electrons. The van der Waals surface area contributed by atoms with E-state index in [-0.39, 0.29) is 12.1 Å². The molecule has 0 aliphatic carbocycles. The maximum absolute atomic E-state index is 12.4. The minimum atomic E-state index is -0.445. The van der Waals surface area contributed by atoms with Gasteiger partial charge in [-0.3, -0.25) is 0 Å². The van der Waals surface area contributed by atoms with E-state index in [4.69, 9.17) is 9.47 Å². The molecule has 0 radical (unpaired) electrons. The molecule has 1 aliphatic heterocycles. The molecule has 27 heavy (non-hydrogen) atoms. The quantitative estimate of drug-likeness (QED) is 0.288. The van der Waals surface area contributed by atoms with E-state index in [0.717, 1.165) is 48.0 Å². The average Bonchev–Trinajstić information content (AvgIpc) is 2.57. The van der Waals surface area contributed by atoms with Crippen molar-refractivity contribution in [3.05, 3.63) is 28.4 Å². The molecule has 0 spiro atoms. The summed E-state index contributed by atoms with van der Waals surface area (Å²) in [5, 5.41) is 0. The first-order valence-corrected chi connectivity index (χ1v) is 12.2. The molecule has 1 saturated heterocycles. The van der Waals surface area contributed by atoms with Gasteiger partial charge in [0.2, 0.25) is 0 Å². The fourth-order valence-electron chi connectivity index (χ4n) is 2.97. The number of nitrogens with one attached hydrogen (secondary N) is 1.